The van der Waals surface area contributed by atoms with Gasteiger partial charge in [0, 0.05) is 28.1 Å². The Morgan fingerprint density at radius 3 is 2.58 bits per heavy atom. The van der Waals surface area contributed by atoms with Crippen molar-refractivity contribution in [2.24, 2.45) is 0 Å². The molecular weight excluding hydrogens is 245 g/mol. The molecule has 1 heterocycles. The molecule has 1 aliphatic heterocycles. The van der Waals surface area contributed by atoms with E-state index in [1.807, 2.05) is 0 Å². The van der Waals surface area contributed by atoms with Crippen LogP contribution < -0.4 is 15.2 Å². The summed E-state index contributed by atoms with van der Waals surface area (Å²) in [6, 6.07) is 3.27. The number of ether oxygens (including phenoxy) is 2. The second kappa shape index (κ2) is 2.71. The zero-order chi connectivity index (χ0) is 8.72. The molecule has 12 heavy (non-hydrogen) atoms. The smallest absolute Gasteiger partial charge is 0.298 e. The monoisotopic (exact) mass is 249 g/mol. The predicted molar refractivity (Wildman–Crippen MR) is 49.8 cm³/mol. The minimum absolute atomic E-state index is 0.439. The Balaban J connectivity index is 2.48. The highest BCUT2D eigenvalue weighted by atomic mass is 79.9. The summed E-state index contributed by atoms with van der Waals surface area (Å²) < 4.78 is 10.4. The first-order chi connectivity index (χ1) is 5.66. The van der Waals surface area contributed by atoms with E-state index in [0.29, 0.717) is 22.2 Å². The molecule has 5 heteroatoms. The van der Waals surface area contributed by atoms with Crippen molar-refractivity contribution in [1.82, 2.24) is 0 Å². The highest BCUT2D eigenvalue weighted by Gasteiger charge is 2.22. The number of hydrogen-bond acceptors (Lipinski definition) is 3. The van der Waals surface area contributed by atoms with E-state index in [2.05, 4.69) is 15.9 Å². The fourth-order valence-electron chi connectivity index (χ4n) is 0.959. The summed E-state index contributed by atoms with van der Waals surface area (Å²) in [5.41, 5.74) is 6.04. The maximum absolute atomic E-state index is 5.76. The molecule has 0 aromatic heterocycles. The van der Waals surface area contributed by atoms with Gasteiger partial charge in [-0.2, -0.15) is 0 Å². The van der Waals surface area contributed by atoms with Gasteiger partial charge in [0.2, 0.25) is 0 Å². The van der Waals surface area contributed by atoms with Crippen LogP contribution in [-0.4, -0.2) is 5.20 Å². The lowest BCUT2D eigenvalue weighted by Crippen LogP contribution is -2.06. The first-order valence-corrected chi connectivity index (χ1v) is 4.52. The number of nitrogens with two attached hydrogens (primary N) is 1. The van der Waals surface area contributed by atoms with Crippen LogP contribution in [0.5, 0.6) is 11.5 Å². The number of benzene rings is 1. The maximum Gasteiger partial charge on any atom is 0.298 e. The van der Waals surface area contributed by atoms with Gasteiger partial charge in [0.25, 0.3) is 5.20 Å². The molecule has 3 nitrogen and oxygen atoms in total. The van der Waals surface area contributed by atoms with Crippen molar-refractivity contribution in [2.45, 2.75) is 5.20 Å². The number of hydrogen-bond donors (Lipinski definition) is 1. The zero-order valence-corrected chi connectivity index (χ0v) is 8.22. The topological polar surface area (TPSA) is 44.5 Å². The highest BCUT2D eigenvalue weighted by Crippen LogP contribution is 2.40. The van der Waals surface area contributed by atoms with Gasteiger partial charge in [-0.3, -0.25) is 0 Å². The van der Waals surface area contributed by atoms with Gasteiger partial charge in [-0.1, -0.05) is 11.6 Å². The quantitative estimate of drug-likeness (QED) is 0.568. The van der Waals surface area contributed by atoms with Crippen LogP contribution in [0.15, 0.2) is 12.1 Å². The third-order valence-corrected chi connectivity index (χ3v) is 2.20. The lowest BCUT2D eigenvalue weighted by atomic mass is 10.3. The van der Waals surface area contributed by atoms with Crippen LogP contribution in [0.3, 0.4) is 0 Å². The van der Waals surface area contributed by atoms with E-state index >= 15 is 0 Å². The van der Waals surface area contributed by atoms with Crippen molar-refractivity contribution in [1.29, 1.82) is 0 Å². The van der Waals surface area contributed by atoms with Gasteiger partial charge < -0.3 is 15.2 Å². The molecule has 1 atom stereocenters. The second-order valence-electron chi connectivity index (χ2n) is 2.33. The summed E-state index contributed by atoms with van der Waals surface area (Å²) in [5.74, 6) is 1.22. The Hall–Kier alpha value is -0.610. The fraction of sp³-hybridized carbons (Fsp3) is 0.143. The summed E-state index contributed by atoms with van der Waals surface area (Å²) in [4.78, 5) is 0. The molecule has 0 saturated heterocycles. The number of fused-ring (bicyclic) bond motifs is 1. The molecule has 0 amide bonds. The second-order valence-corrected chi connectivity index (χ2v) is 3.49. The number of alkyl halides is 1. The third-order valence-electron chi connectivity index (χ3n) is 1.50. The third kappa shape index (κ3) is 1.21. The Bertz CT molecular complexity index is 300. The molecular formula is C7H5BrClNO2. The molecule has 1 aliphatic rings. The van der Waals surface area contributed by atoms with Gasteiger partial charge in [-0.05, 0) is 0 Å². The standard InChI is InChI=1S/C7H5BrClNO2/c8-7-11-5-1-3(9)4(10)2-6(5)12-7/h1-2,7H,10H2. The average molecular weight is 250 g/mol. The first-order valence-electron chi connectivity index (χ1n) is 3.23. The summed E-state index contributed by atoms with van der Waals surface area (Å²) >= 11 is 8.90. The van der Waals surface area contributed by atoms with E-state index in [9.17, 15) is 0 Å². The van der Waals surface area contributed by atoms with Crippen LogP contribution in [0.2, 0.25) is 5.02 Å². The zero-order valence-electron chi connectivity index (χ0n) is 5.88. The molecule has 0 aliphatic carbocycles. The van der Waals surface area contributed by atoms with Crippen molar-refractivity contribution in [3.05, 3.63) is 17.2 Å². The average Bonchev–Trinajstić information content (AvgIpc) is 2.30. The minimum Gasteiger partial charge on any atom is -0.441 e. The summed E-state index contributed by atoms with van der Waals surface area (Å²) in [6.45, 7) is 0. The Morgan fingerprint density at radius 1 is 1.33 bits per heavy atom. The van der Waals surface area contributed by atoms with Gasteiger partial charge >= 0.3 is 0 Å². The van der Waals surface area contributed by atoms with E-state index < -0.39 is 5.20 Å². The SMILES string of the molecule is Nc1cc2c(cc1Cl)OC(Br)O2. The van der Waals surface area contributed by atoms with Crippen LogP contribution in [0.1, 0.15) is 0 Å². The molecule has 1 aromatic carbocycles. The van der Waals surface area contributed by atoms with Gasteiger partial charge in [0.05, 0.1) is 10.7 Å². The Labute approximate surface area is 82.5 Å². The normalized spacial score (nSPS) is 19.7. The summed E-state index contributed by atoms with van der Waals surface area (Å²) in [5, 5.41) is 0.0318. The lowest BCUT2D eigenvalue weighted by Gasteiger charge is -1.98. The molecule has 0 spiro atoms. The van der Waals surface area contributed by atoms with Crippen molar-refractivity contribution in [3.63, 3.8) is 0 Å². The van der Waals surface area contributed by atoms with E-state index in [1.165, 1.54) is 0 Å². The summed E-state index contributed by atoms with van der Waals surface area (Å²) in [7, 11) is 0. The molecule has 64 valence electrons. The molecule has 0 radical (unpaired) electrons. The van der Waals surface area contributed by atoms with Crippen LogP contribution in [0, 0.1) is 0 Å². The van der Waals surface area contributed by atoms with Gasteiger partial charge in [-0.25, -0.2) is 0 Å². The molecule has 1 unspecified atom stereocenters. The van der Waals surface area contributed by atoms with Crippen molar-refractivity contribution < 1.29 is 9.47 Å². The van der Waals surface area contributed by atoms with E-state index in [-0.39, 0.29) is 0 Å². The van der Waals surface area contributed by atoms with Gasteiger partial charge in [0.1, 0.15) is 0 Å². The van der Waals surface area contributed by atoms with Crippen LogP contribution in [0.4, 0.5) is 5.69 Å². The minimum atomic E-state index is -0.439. The van der Waals surface area contributed by atoms with Crippen LogP contribution in [-0.2, 0) is 0 Å². The van der Waals surface area contributed by atoms with Crippen molar-refractivity contribution in [2.75, 3.05) is 5.73 Å². The van der Waals surface area contributed by atoms with Gasteiger partial charge in [-0.15, -0.1) is 0 Å². The Morgan fingerprint density at radius 2 is 1.92 bits per heavy atom. The lowest BCUT2D eigenvalue weighted by molar-refractivity contribution is 0.143. The number of anilines is 1. The molecule has 0 saturated carbocycles. The molecule has 2 rings (SSSR count). The Kier molecular flexibility index (Phi) is 1.81. The highest BCUT2D eigenvalue weighted by molar-refractivity contribution is 9.09. The van der Waals surface area contributed by atoms with E-state index in [4.69, 9.17) is 26.8 Å². The molecule has 2 N–H and O–H groups in total. The largest absolute Gasteiger partial charge is 0.441 e. The van der Waals surface area contributed by atoms with Crippen molar-refractivity contribution in [3.8, 4) is 11.5 Å². The number of halogens is 2. The molecule has 0 bridgehead atoms. The van der Waals surface area contributed by atoms with Crippen molar-refractivity contribution >= 4 is 33.2 Å². The van der Waals surface area contributed by atoms with E-state index in [1.54, 1.807) is 12.1 Å². The molecule has 0 fully saturated rings. The van der Waals surface area contributed by atoms with E-state index in [0.717, 1.165) is 0 Å². The molecule has 1 aromatic rings. The summed E-state index contributed by atoms with van der Waals surface area (Å²) in [6.07, 6.45) is 0. The number of rotatable bonds is 0. The fourth-order valence-corrected chi connectivity index (χ4v) is 1.52. The van der Waals surface area contributed by atoms with Gasteiger partial charge in [0.15, 0.2) is 11.5 Å². The van der Waals surface area contributed by atoms with Crippen LogP contribution in [0.25, 0.3) is 0 Å². The number of nitrogen functional groups attached to an aromatic ring is 1. The first kappa shape index (κ1) is 8.01. The predicted octanol–water partition coefficient (Wildman–Crippen LogP) is 2.37. The van der Waals surface area contributed by atoms with Crippen LogP contribution >= 0.6 is 27.5 Å². The maximum atomic E-state index is 5.76.